The molecule has 4 aromatic rings. The highest BCUT2D eigenvalue weighted by Gasteiger charge is 2.15. The highest BCUT2D eigenvalue weighted by Crippen LogP contribution is 2.34. The normalized spacial score (nSPS) is 10.7. The number of fused-ring (bicyclic) bond motifs is 1. The number of hydrogen-bond donors (Lipinski definition) is 1. The van der Waals surface area contributed by atoms with Crippen molar-refractivity contribution < 1.29 is 9.53 Å². The fraction of sp³-hybridized carbons (Fsp3) is 0.0476. The second-order valence-corrected chi connectivity index (χ2v) is 7.27. The van der Waals surface area contributed by atoms with E-state index in [1.165, 1.54) is 7.11 Å². The molecule has 0 spiro atoms. The zero-order valence-electron chi connectivity index (χ0n) is 14.4. The van der Waals surface area contributed by atoms with Crippen molar-refractivity contribution in [2.45, 2.75) is 0 Å². The van der Waals surface area contributed by atoms with Crippen molar-refractivity contribution >= 4 is 44.7 Å². The quantitative estimate of drug-likeness (QED) is 0.470. The van der Waals surface area contributed by atoms with Crippen LogP contribution in [0.1, 0.15) is 10.4 Å². The fourth-order valence-electron chi connectivity index (χ4n) is 2.77. The number of halogens is 1. The van der Waals surface area contributed by atoms with Gasteiger partial charge in [0.2, 0.25) is 0 Å². The van der Waals surface area contributed by atoms with Gasteiger partial charge in [0.1, 0.15) is 10.8 Å². The van der Waals surface area contributed by atoms with Gasteiger partial charge in [-0.2, -0.15) is 0 Å². The van der Waals surface area contributed by atoms with Crippen LogP contribution >= 0.6 is 22.9 Å². The number of methoxy groups -OCH3 is 1. The van der Waals surface area contributed by atoms with Crippen LogP contribution in [-0.4, -0.2) is 18.0 Å². The molecule has 1 aromatic heterocycles. The van der Waals surface area contributed by atoms with E-state index in [1.54, 1.807) is 35.6 Å². The van der Waals surface area contributed by atoms with E-state index in [2.05, 4.69) is 10.3 Å². The van der Waals surface area contributed by atoms with Crippen LogP contribution in [0.25, 0.3) is 20.8 Å². The highest BCUT2D eigenvalue weighted by molar-refractivity contribution is 7.21. The molecular formula is C21H15ClN2O2S. The summed E-state index contributed by atoms with van der Waals surface area (Å²) in [5.74, 6) is 0.226. The Morgan fingerprint density at radius 3 is 2.67 bits per heavy atom. The van der Waals surface area contributed by atoms with E-state index in [9.17, 15) is 4.79 Å². The van der Waals surface area contributed by atoms with E-state index in [-0.39, 0.29) is 5.91 Å². The van der Waals surface area contributed by atoms with Crippen LogP contribution in [0.15, 0.2) is 66.7 Å². The summed E-state index contributed by atoms with van der Waals surface area (Å²) < 4.78 is 6.37. The van der Waals surface area contributed by atoms with Gasteiger partial charge in [-0.1, -0.05) is 41.9 Å². The van der Waals surface area contributed by atoms with Crippen LogP contribution < -0.4 is 10.1 Å². The summed E-state index contributed by atoms with van der Waals surface area (Å²) in [5.41, 5.74) is 2.83. The van der Waals surface area contributed by atoms with Crippen molar-refractivity contribution in [3.05, 3.63) is 77.3 Å². The van der Waals surface area contributed by atoms with E-state index < -0.39 is 0 Å². The lowest BCUT2D eigenvalue weighted by Gasteiger charge is -2.11. The zero-order chi connectivity index (χ0) is 18.8. The van der Waals surface area contributed by atoms with E-state index in [1.807, 2.05) is 42.5 Å². The molecule has 0 atom stereocenters. The molecule has 3 aromatic carbocycles. The van der Waals surface area contributed by atoms with Crippen LogP contribution in [0.4, 0.5) is 5.69 Å². The van der Waals surface area contributed by atoms with Gasteiger partial charge < -0.3 is 10.1 Å². The predicted molar refractivity (Wildman–Crippen MR) is 111 cm³/mol. The predicted octanol–water partition coefficient (Wildman–Crippen LogP) is 5.88. The van der Waals surface area contributed by atoms with Crippen molar-refractivity contribution in [3.8, 4) is 16.3 Å². The minimum Gasteiger partial charge on any atom is -0.496 e. The summed E-state index contributed by atoms with van der Waals surface area (Å²) in [6.07, 6.45) is 0. The summed E-state index contributed by atoms with van der Waals surface area (Å²) in [7, 11) is 1.53. The molecule has 134 valence electrons. The maximum Gasteiger partial charge on any atom is 0.259 e. The fourth-order valence-corrected chi connectivity index (χ4v) is 3.90. The molecule has 0 aliphatic rings. The standard InChI is InChI=1S/C21H15ClN2O2S/c1-26-18-8-4-2-6-14(18)20(25)23-17-12-13(10-11-15(17)22)21-24-16-7-3-5-9-19(16)27-21/h2-12H,1H3,(H,23,25). The minimum absolute atomic E-state index is 0.282. The molecule has 0 fully saturated rings. The molecule has 4 rings (SSSR count). The Balaban J connectivity index is 1.67. The zero-order valence-corrected chi connectivity index (χ0v) is 16.0. The van der Waals surface area contributed by atoms with Gasteiger partial charge in [-0.05, 0) is 36.4 Å². The number of thiazole rings is 1. The number of carbonyl (C=O) groups excluding carboxylic acids is 1. The molecule has 0 aliphatic carbocycles. The van der Waals surface area contributed by atoms with Gasteiger partial charge in [0.05, 0.1) is 33.6 Å². The van der Waals surface area contributed by atoms with Gasteiger partial charge in [0.25, 0.3) is 5.91 Å². The Hall–Kier alpha value is -2.89. The summed E-state index contributed by atoms with van der Waals surface area (Å²) in [6, 6.07) is 20.5. The Morgan fingerprint density at radius 1 is 1.07 bits per heavy atom. The van der Waals surface area contributed by atoms with Crippen LogP contribution in [0, 0.1) is 0 Å². The van der Waals surface area contributed by atoms with Crippen LogP contribution in [0.5, 0.6) is 5.75 Å². The van der Waals surface area contributed by atoms with Crippen molar-refractivity contribution in [3.63, 3.8) is 0 Å². The Morgan fingerprint density at radius 2 is 1.85 bits per heavy atom. The molecule has 1 amide bonds. The lowest BCUT2D eigenvalue weighted by atomic mass is 10.1. The summed E-state index contributed by atoms with van der Waals surface area (Å²) in [6.45, 7) is 0. The third-order valence-corrected chi connectivity index (χ3v) is 5.52. The summed E-state index contributed by atoms with van der Waals surface area (Å²) in [4.78, 5) is 17.3. The summed E-state index contributed by atoms with van der Waals surface area (Å²) >= 11 is 7.90. The van der Waals surface area contributed by atoms with Crippen LogP contribution in [0.3, 0.4) is 0 Å². The third-order valence-electron chi connectivity index (χ3n) is 4.11. The first-order chi connectivity index (χ1) is 13.2. The van der Waals surface area contributed by atoms with Crippen LogP contribution in [0.2, 0.25) is 5.02 Å². The molecule has 27 heavy (non-hydrogen) atoms. The van der Waals surface area contributed by atoms with E-state index >= 15 is 0 Å². The number of rotatable bonds is 4. The largest absolute Gasteiger partial charge is 0.496 e. The Labute approximate surface area is 165 Å². The van der Waals surface area contributed by atoms with Crippen molar-refractivity contribution in [1.29, 1.82) is 0 Å². The molecule has 0 saturated carbocycles. The average Bonchev–Trinajstić information content (AvgIpc) is 3.13. The third kappa shape index (κ3) is 3.52. The molecule has 1 N–H and O–H groups in total. The maximum atomic E-state index is 12.7. The first kappa shape index (κ1) is 17.5. The summed E-state index contributed by atoms with van der Waals surface area (Å²) in [5, 5.41) is 4.21. The Bertz CT molecular complexity index is 1110. The lowest BCUT2D eigenvalue weighted by molar-refractivity contribution is 0.102. The number of aromatic nitrogens is 1. The maximum absolute atomic E-state index is 12.7. The molecule has 4 nitrogen and oxygen atoms in total. The second-order valence-electron chi connectivity index (χ2n) is 5.84. The van der Waals surface area contributed by atoms with Crippen molar-refractivity contribution in [2.24, 2.45) is 0 Å². The molecule has 1 heterocycles. The minimum atomic E-state index is -0.282. The van der Waals surface area contributed by atoms with Gasteiger partial charge in [0, 0.05) is 5.56 Å². The van der Waals surface area contributed by atoms with Gasteiger partial charge in [0.15, 0.2) is 0 Å². The number of anilines is 1. The van der Waals surface area contributed by atoms with Gasteiger partial charge >= 0.3 is 0 Å². The van der Waals surface area contributed by atoms with Gasteiger partial charge in [-0.25, -0.2) is 4.98 Å². The van der Waals surface area contributed by atoms with Crippen molar-refractivity contribution in [1.82, 2.24) is 4.98 Å². The van der Waals surface area contributed by atoms with Crippen molar-refractivity contribution in [2.75, 3.05) is 12.4 Å². The average molecular weight is 395 g/mol. The van der Waals surface area contributed by atoms with E-state index in [0.717, 1.165) is 20.8 Å². The molecule has 0 radical (unpaired) electrons. The van der Waals surface area contributed by atoms with E-state index in [4.69, 9.17) is 16.3 Å². The molecule has 6 heteroatoms. The number of para-hydroxylation sites is 2. The number of nitrogens with zero attached hydrogens (tertiary/aromatic N) is 1. The number of nitrogens with one attached hydrogen (secondary N) is 1. The molecule has 0 saturated heterocycles. The second kappa shape index (κ2) is 7.39. The number of amides is 1. The first-order valence-corrected chi connectivity index (χ1v) is 9.45. The smallest absolute Gasteiger partial charge is 0.259 e. The molecule has 0 unspecified atom stereocenters. The number of ether oxygens (including phenoxy) is 1. The number of benzene rings is 3. The topological polar surface area (TPSA) is 51.2 Å². The monoisotopic (exact) mass is 394 g/mol. The number of hydrogen-bond acceptors (Lipinski definition) is 4. The highest BCUT2D eigenvalue weighted by atomic mass is 35.5. The van der Waals surface area contributed by atoms with Crippen LogP contribution in [-0.2, 0) is 0 Å². The molecule has 0 bridgehead atoms. The van der Waals surface area contributed by atoms with Gasteiger partial charge in [-0.3, -0.25) is 4.79 Å². The molecule has 0 aliphatic heterocycles. The SMILES string of the molecule is COc1ccccc1C(=O)Nc1cc(-c2nc3ccccc3s2)ccc1Cl. The number of carbonyl (C=O) groups is 1. The lowest BCUT2D eigenvalue weighted by Crippen LogP contribution is -2.13. The van der Waals surface area contributed by atoms with E-state index in [0.29, 0.717) is 22.0 Å². The first-order valence-electron chi connectivity index (χ1n) is 8.25. The van der Waals surface area contributed by atoms with Gasteiger partial charge in [-0.15, -0.1) is 11.3 Å². The molecular weight excluding hydrogens is 380 g/mol. The Kier molecular flexibility index (Phi) is 4.79.